The zero-order chi connectivity index (χ0) is 27.4. The van der Waals surface area contributed by atoms with Crippen LogP contribution in [0.25, 0.3) is 11.0 Å². The molecule has 1 aromatic heterocycles. The third-order valence-corrected chi connectivity index (χ3v) is 7.83. The number of carbonyl (C=O) groups is 1. The van der Waals surface area contributed by atoms with Crippen LogP contribution in [0, 0.1) is 0 Å². The lowest BCUT2D eigenvalue weighted by atomic mass is 10.1. The molecule has 0 amide bonds. The van der Waals surface area contributed by atoms with Crippen LogP contribution in [0.5, 0.6) is 5.75 Å². The van der Waals surface area contributed by atoms with Gasteiger partial charge in [-0.1, -0.05) is 35.9 Å². The molecule has 10 nitrogen and oxygen atoms in total. The SMILES string of the molecule is COc1ccc(Cl)c(Nc2nc3ccccc3nc2NS(=O)(=O)c2cccc(C(=O)CN3CCOCC3)c2)c1. The molecule has 39 heavy (non-hydrogen) atoms. The summed E-state index contributed by atoms with van der Waals surface area (Å²) in [6.45, 7) is 2.62. The number of ether oxygens (including phenoxy) is 2. The highest BCUT2D eigenvalue weighted by Crippen LogP contribution is 2.32. The third-order valence-electron chi connectivity index (χ3n) is 6.17. The van der Waals surface area contributed by atoms with Gasteiger partial charge in [0.25, 0.3) is 10.0 Å². The van der Waals surface area contributed by atoms with Crippen LogP contribution in [0.1, 0.15) is 10.4 Å². The molecule has 12 heteroatoms. The number of carbonyl (C=O) groups excluding carboxylic acids is 1. The van der Waals surface area contributed by atoms with Gasteiger partial charge in [-0.25, -0.2) is 18.4 Å². The van der Waals surface area contributed by atoms with Gasteiger partial charge in [0.15, 0.2) is 17.4 Å². The summed E-state index contributed by atoms with van der Waals surface area (Å²) in [5.41, 5.74) is 1.80. The van der Waals surface area contributed by atoms with E-state index in [4.69, 9.17) is 21.1 Å². The lowest BCUT2D eigenvalue weighted by Crippen LogP contribution is -2.39. The Hall–Kier alpha value is -3.77. The van der Waals surface area contributed by atoms with Crippen LogP contribution < -0.4 is 14.8 Å². The summed E-state index contributed by atoms with van der Waals surface area (Å²) in [7, 11) is -2.61. The monoisotopic (exact) mass is 567 g/mol. The van der Waals surface area contributed by atoms with E-state index < -0.39 is 10.0 Å². The van der Waals surface area contributed by atoms with Gasteiger partial charge >= 0.3 is 0 Å². The lowest BCUT2D eigenvalue weighted by molar-refractivity contribution is 0.0371. The van der Waals surface area contributed by atoms with Crippen LogP contribution in [0.3, 0.4) is 0 Å². The molecule has 1 aliphatic rings. The van der Waals surface area contributed by atoms with Gasteiger partial charge in [-0.2, -0.15) is 0 Å². The molecule has 0 aliphatic carbocycles. The summed E-state index contributed by atoms with van der Waals surface area (Å²) < 4.78 is 40.1. The fourth-order valence-corrected chi connectivity index (χ4v) is 5.31. The number of rotatable bonds is 9. The van der Waals surface area contributed by atoms with Crippen molar-refractivity contribution in [2.75, 3.05) is 50.0 Å². The third kappa shape index (κ3) is 6.28. The molecule has 2 heterocycles. The first-order valence-electron chi connectivity index (χ1n) is 12.2. The molecule has 0 bridgehead atoms. The topological polar surface area (TPSA) is 123 Å². The predicted molar refractivity (Wildman–Crippen MR) is 150 cm³/mol. The average Bonchev–Trinajstić information content (AvgIpc) is 2.95. The molecular weight excluding hydrogens is 542 g/mol. The second-order valence-corrected chi connectivity index (χ2v) is 10.9. The number of hydrogen-bond acceptors (Lipinski definition) is 9. The number of nitrogens with zero attached hydrogens (tertiary/aromatic N) is 3. The van der Waals surface area contributed by atoms with Crippen molar-refractivity contribution in [3.05, 3.63) is 77.3 Å². The molecule has 3 aromatic carbocycles. The second kappa shape index (κ2) is 11.5. The van der Waals surface area contributed by atoms with E-state index in [1.54, 1.807) is 48.5 Å². The van der Waals surface area contributed by atoms with Gasteiger partial charge in [0, 0.05) is 24.7 Å². The minimum absolute atomic E-state index is 0.0300. The Labute approximate surface area is 231 Å². The Morgan fingerprint density at radius 3 is 2.44 bits per heavy atom. The van der Waals surface area contributed by atoms with Gasteiger partial charge in [-0.05, 0) is 36.4 Å². The summed E-state index contributed by atoms with van der Waals surface area (Å²) >= 11 is 6.37. The number of nitrogens with one attached hydrogen (secondary N) is 2. The molecule has 0 unspecified atom stereocenters. The largest absolute Gasteiger partial charge is 0.497 e. The van der Waals surface area contributed by atoms with Crippen molar-refractivity contribution < 1.29 is 22.7 Å². The summed E-state index contributed by atoms with van der Waals surface area (Å²) in [4.78, 5) is 23.9. The molecular formula is C27H26ClN5O5S. The normalized spacial score (nSPS) is 14.2. The van der Waals surface area contributed by atoms with Gasteiger partial charge in [-0.15, -0.1) is 0 Å². The summed E-state index contributed by atoms with van der Waals surface area (Å²) in [5, 5.41) is 3.46. The molecule has 1 fully saturated rings. The maximum Gasteiger partial charge on any atom is 0.263 e. The van der Waals surface area contributed by atoms with Crippen LogP contribution in [-0.4, -0.2) is 69.0 Å². The molecule has 0 spiro atoms. The molecule has 202 valence electrons. The minimum Gasteiger partial charge on any atom is -0.497 e. The zero-order valence-electron chi connectivity index (χ0n) is 21.1. The number of sulfonamides is 1. The van der Waals surface area contributed by atoms with E-state index in [9.17, 15) is 13.2 Å². The predicted octanol–water partition coefficient (Wildman–Crippen LogP) is 4.35. The van der Waals surface area contributed by atoms with E-state index in [0.717, 1.165) is 0 Å². The highest BCUT2D eigenvalue weighted by molar-refractivity contribution is 7.92. The van der Waals surface area contributed by atoms with E-state index in [-0.39, 0.29) is 28.9 Å². The number of fused-ring (bicyclic) bond motifs is 1. The zero-order valence-corrected chi connectivity index (χ0v) is 22.6. The molecule has 0 atom stereocenters. The summed E-state index contributed by atoms with van der Waals surface area (Å²) in [5.74, 6) is 0.496. The van der Waals surface area contributed by atoms with Crippen LogP contribution >= 0.6 is 11.6 Å². The van der Waals surface area contributed by atoms with Crippen molar-refractivity contribution in [2.45, 2.75) is 4.90 Å². The summed E-state index contributed by atoms with van der Waals surface area (Å²) in [6, 6.07) is 18.1. The first kappa shape index (κ1) is 26.8. The number of ketones is 1. The van der Waals surface area contributed by atoms with Crippen LogP contribution in [0.15, 0.2) is 71.6 Å². The van der Waals surface area contributed by atoms with Crippen molar-refractivity contribution in [2.24, 2.45) is 0 Å². The van der Waals surface area contributed by atoms with Gasteiger partial charge < -0.3 is 14.8 Å². The molecule has 4 aromatic rings. The maximum absolute atomic E-state index is 13.5. The first-order valence-corrected chi connectivity index (χ1v) is 14.0. The van der Waals surface area contributed by atoms with Crippen molar-refractivity contribution in [3.8, 4) is 5.75 Å². The number of methoxy groups -OCH3 is 1. The molecule has 0 radical (unpaired) electrons. The van der Waals surface area contributed by atoms with E-state index in [2.05, 4.69) is 20.0 Å². The van der Waals surface area contributed by atoms with Crippen LogP contribution in [-0.2, 0) is 14.8 Å². The Kier molecular flexibility index (Phi) is 7.94. The Morgan fingerprint density at radius 2 is 1.72 bits per heavy atom. The number of Topliss-reactive ketones (excluding diaryl/α,β-unsaturated/α-hetero) is 1. The van der Waals surface area contributed by atoms with Gasteiger partial charge in [0.2, 0.25) is 0 Å². The number of anilines is 3. The maximum atomic E-state index is 13.5. The highest BCUT2D eigenvalue weighted by atomic mass is 35.5. The summed E-state index contributed by atoms with van der Waals surface area (Å²) in [6.07, 6.45) is 0. The van der Waals surface area contributed by atoms with Crippen LogP contribution in [0.4, 0.5) is 17.3 Å². The number of halogens is 1. The van der Waals surface area contributed by atoms with E-state index >= 15 is 0 Å². The van der Waals surface area contributed by atoms with Crippen molar-refractivity contribution in [1.82, 2.24) is 14.9 Å². The van der Waals surface area contributed by atoms with E-state index in [0.29, 0.717) is 59.4 Å². The molecule has 1 aliphatic heterocycles. The van der Waals surface area contributed by atoms with Crippen molar-refractivity contribution in [1.29, 1.82) is 0 Å². The number of para-hydroxylation sites is 2. The number of benzene rings is 3. The first-order chi connectivity index (χ1) is 18.8. The van der Waals surface area contributed by atoms with E-state index in [1.165, 1.54) is 19.2 Å². The lowest BCUT2D eigenvalue weighted by Gasteiger charge is -2.25. The van der Waals surface area contributed by atoms with Crippen molar-refractivity contribution >= 4 is 55.8 Å². The minimum atomic E-state index is -4.14. The number of hydrogen-bond donors (Lipinski definition) is 2. The standard InChI is InChI=1S/C27H26ClN5O5S/c1-37-19-9-10-21(28)24(16-19)31-26-27(30-23-8-3-2-7-22(23)29-26)32-39(35,36)20-6-4-5-18(15-20)25(34)17-33-11-13-38-14-12-33/h2-10,15-16H,11-14,17H2,1H3,(H,29,31)(H,30,32). The molecule has 0 saturated carbocycles. The Morgan fingerprint density at radius 1 is 1.00 bits per heavy atom. The van der Waals surface area contributed by atoms with Gasteiger partial charge in [-0.3, -0.25) is 14.4 Å². The second-order valence-electron chi connectivity index (χ2n) is 8.83. The average molecular weight is 568 g/mol. The van der Waals surface area contributed by atoms with Gasteiger partial charge in [0.05, 0.1) is 53.5 Å². The van der Waals surface area contributed by atoms with Gasteiger partial charge in [0.1, 0.15) is 5.75 Å². The highest BCUT2D eigenvalue weighted by Gasteiger charge is 2.22. The Balaban J connectivity index is 1.46. The molecule has 5 rings (SSSR count). The smallest absolute Gasteiger partial charge is 0.263 e. The quantitative estimate of drug-likeness (QED) is 0.284. The fraction of sp³-hybridized carbons (Fsp3) is 0.222. The number of aromatic nitrogens is 2. The van der Waals surface area contributed by atoms with Crippen molar-refractivity contribution in [3.63, 3.8) is 0 Å². The fourth-order valence-electron chi connectivity index (χ4n) is 4.09. The van der Waals surface area contributed by atoms with Crippen LogP contribution in [0.2, 0.25) is 5.02 Å². The number of morpholine rings is 1. The molecule has 1 saturated heterocycles. The van der Waals surface area contributed by atoms with E-state index in [1.807, 2.05) is 11.0 Å². The molecule has 2 N–H and O–H groups in total. The Bertz CT molecular complexity index is 1630.